The molecule has 0 unspecified atom stereocenters. The third-order valence-corrected chi connectivity index (χ3v) is 0.338. The molecule has 0 saturated heterocycles. The molecule has 7 heavy (non-hydrogen) atoms. The topological polar surface area (TPSA) is 35.5 Å². The standard InChI is InChI=1S/F2O3P.K.H/c1-4-6(3)5-2;;/q2*+1;-1. The van der Waals surface area contributed by atoms with Gasteiger partial charge in [0.1, 0.15) is 9.46 Å². The molecule has 0 aromatic carbocycles. The second kappa shape index (κ2) is 7.52. The van der Waals surface area contributed by atoms with E-state index >= 15 is 0 Å². The van der Waals surface area contributed by atoms with Gasteiger partial charge in [0, 0.05) is 13.6 Å². The van der Waals surface area contributed by atoms with Gasteiger partial charge >= 0.3 is 59.6 Å². The van der Waals surface area contributed by atoms with Crippen LogP contribution in [0.5, 0.6) is 0 Å². The minimum absolute atomic E-state index is 0. The normalized spacial score (nSPS) is 7.14. The summed E-state index contributed by atoms with van der Waals surface area (Å²) in [7, 11) is -3.16. The first-order chi connectivity index (χ1) is 2.81. The van der Waals surface area contributed by atoms with E-state index < -0.39 is 8.25 Å². The third-order valence-electron chi connectivity index (χ3n) is 0.113. The first-order valence-corrected chi connectivity index (χ1v) is 1.95. The minimum Gasteiger partial charge on any atom is -1.00 e. The average Bonchev–Trinajstić information content (AvgIpc) is 1.65. The Hall–Kier alpha value is 1.52. The maximum absolute atomic E-state index is 10.2. The van der Waals surface area contributed by atoms with Crippen molar-refractivity contribution in [1.82, 2.24) is 0 Å². The van der Waals surface area contributed by atoms with Crippen LogP contribution in [0.25, 0.3) is 0 Å². The van der Waals surface area contributed by atoms with Crippen molar-refractivity contribution in [2.45, 2.75) is 0 Å². The van der Waals surface area contributed by atoms with Crippen LogP contribution in [0.3, 0.4) is 0 Å². The summed E-state index contributed by atoms with van der Waals surface area (Å²) in [6, 6.07) is 0. The van der Waals surface area contributed by atoms with Gasteiger partial charge in [0.2, 0.25) is 0 Å². The van der Waals surface area contributed by atoms with Crippen LogP contribution in [0, 0.1) is 0 Å². The van der Waals surface area contributed by atoms with Crippen molar-refractivity contribution in [2.75, 3.05) is 0 Å². The zero-order valence-electron chi connectivity index (χ0n) is 4.43. The van der Waals surface area contributed by atoms with Gasteiger partial charge in [-0.25, -0.2) is 0 Å². The van der Waals surface area contributed by atoms with E-state index in [1.165, 1.54) is 0 Å². The molecule has 7 heteroatoms. The molecule has 0 bridgehead atoms. The van der Waals surface area contributed by atoms with Crippen molar-refractivity contribution in [1.29, 1.82) is 0 Å². The summed E-state index contributed by atoms with van der Waals surface area (Å²) in [5.74, 6) is 0. The summed E-state index contributed by atoms with van der Waals surface area (Å²) in [5.41, 5.74) is 0. The van der Waals surface area contributed by atoms with E-state index in [2.05, 4.69) is 9.46 Å². The van der Waals surface area contributed by atoms with E-state index in [-0.39, 0.29) is 52.8 Å². The van der Waals surface area contributed by atoms with Gasteiger partial charge in [-0.2, -0.15) is 0 Å². The molecular formula is HF2KO3P+. The quantitative estimate of drug-likeness (QED) is 0.364. The fourth-order valence-electron chi connectivity index (χ4n) is 0.0106. The van der Waals surface area contributed by atoms with E-state index in [1.54, 1.807) is 0 Å². The number of rotatable bonds is 2. The third kappa shape index (κ3) is 7.52. The monoisotopic (exact) mass is 157 g/mol. The van der Waals surface area contributed by atoms with Crippen molar-refractivity contribution in [3.05, 3.63) is 0 Å². The van der Waals surface area contributed by atoms with Gasteiger partial charge in [0.25, 0.3) is 0 Å². The summed E-state index contributed by atoms with van der Waals surface area (Å²) in [4.78, 5) is 0. The number of hydrogen-bond donors (Lipinski definition) is 0. The van der Waals surface area contributed by atoms with Crippen LogP contribution in [-0.2, 0) is 14.0 Å². The molecule has 0 spiro atoms. The fraction of sp³-hybridized carbons (Fsp3) is 0. The molecule has 0 aliphatic rings. The molecule has 0 amide bonds. The van der Waals surface area contributed by atoms with E-state index in [0.717, 1.165) is 0 Å². The molecule has 0 aromatic rings. The van der Waals surface area contributed by atoms with Crippen LogP contribution in [0.15, 0.2) is 0 Å². The van der Waals surface area contributed by atoms with Crippen molar-refractivity contribution in [3.8, 4) is 0 Å². The molecule has 0 aliphatic heterocycles. The fourth-order valence-corrected chi connectivity index (χ4v) is 0.0319. The van der Waals surface area contributed by atoms with Crippen molar-refractivity contribution in [2.24, 2.45) is 0 Å². The van der Waals surface area contributed by atoms with Gasteiger partial charge in [-0.15, -0.1) is 0 Å². The van der Waals surface area contributed by atoms with Crippen LogP contribution >= 0.6 is 8.25 Å². The van der Waals surface area contributed by atoms with Crippen molar-refractivity contribution >= 4 is 8.25 Å². The Morgan fingerprint density at radius 2 is 1.71 bits per heavy atom. The van der Waals surface area contributed by atoms with E-state index in [4.69, 9.17) is 4.57 Å². The van der Waals surface area contributed by atoms with Gasteiger partial charge in [-0.05, 0) is 0 Å². The van der Waals surface area contributed by atoms with E-state index in [1.807, 2.05) is 0 Å². The summed E-state index contributed by atoms with van der Waals surface area (Å²) in [6.45, 7) is 0. The summed E-state index contributed by atoms with van der Waals surface area (Å²) in [5, 5.41) is 0. The first kappa shape index (κ1) is 11.3. The Labute approximate surface area is 83.0 Å². The van der Waals surface area contributed by atoms with Gasteiger partial charge in [0.05, 0.1) is 0 Å². The minimum atomic E-state index is -3.16. The Morgan fingerprint density at radius 3 is 1.71 bits per heavy atom. The molecule has 0 atom stereocenters. The number of hydrogen-bond acceptors (Lipinski definition) is 3. The van der Waals surface area contributed by atoms with Gasteiger partial charge in [-0.3, -0.25) is 0 Å². The molecule has 0 fully saturated rings. The van der Waals surface area contributed by atoms with Crippen LogP contribution in [0.2, 0.25) is 0 Å². The molecular weight excluding hydrogens is 156 g/mol. The molecule has 0 rings (SSSR count). The largest absolute Gasteiger partial charge is 1.00 e. The summed E-state index contributed by atoms with van der Waals surface area (Å²) >= 11 is 0. The van der Waals surface area contributed by atoms with Crippen molar-refractivity contribution in [3.63, 3.8) is 0 Å². The van der Waals surface area contributed by atoms with E-state index in [9.17, 15) is 9.05 Å². The zero-order chi connectivity index (χ0) is 4.99. The van der Waals surface area contributed by atoms with Gasteiger partial charge in [0.15, 0.2) is 0 Å². The zero-order valence-corrected chi connectivity index (χ0v) is 7.45. The van der Waals surface area contributed by atoms with Crippen molar-refractivity contribution < 1.29 is 75.9 Å². The van der Waals surface area contributed by atoms with Crippen LogP contribution in [0.4, 0.5) is 9.05 Å². The second-order valence-electron chi connectivity index (χ2n) is 0.362. The van der Waals surface area contributed by atoms with Crippen LogP contribution < -0.4 is 51.4 Å². The molecule has 0 heterocycles. The molecule has 0 saturated carbocycles. The predicted octanol–water partition coefficient (Wildman–Crippen LogP) is -1.44. The average molecular weight is 157 g/mol. The first-order valence-electron chi connectivity index (χ1n) is 0.856. The maximum atomic E-state index is 10.2. The van der Waals surface area contributed by atoms with Gasteiger partial charge < -0.3 is 1.43 Å². The SMILES string of the molecule is O=[P+](OF)OF.[H-].[K+]. The Bertz CT molecular complexity index is 55.2. The Kier molecular flexibility index (Phi) is 12.2. The molecule has 0 N–H and O–H groups in total. The smallest absolute Gasteiger partial charge is 1.00 e. The predicted molar refractivity (Wildman–Crippen MR) is 13.1 cm³/mol. The maximum Gasteiger partial charge on any atom is 1.00 e. The number of halogens is 2. The molecule has 0 radical (unpaired) electrons. The summed E-state index contributed by atoms with van der Waals surface area (Å²) in [6.07, 6.45) is 0. The summed E-state index contributed by atoms with van der Waals surface area (Å²) < 4.78 is 34.2. The molecule has 0 aromatic heterocycles. The Morgan fingerprint density at radius 1 is 1.43 bits per heavy atom. The van der Waals surface area contributed by atoms with E-state index in [0.29, 0.717) is 0 Å². The van der Waals surface area contributed by atoms with Gasteiger partial charge in [-0.1, -0.05) is 0 Å². The van der Waals surface area contributed by atoms with Crippen LogP contribution in [-0.4, -0.2) is 0 Å². The molecule has 3 nitrogen and oxygen atoms in total. The van der Waals surface area contributed by atoms with Crippen LogP contribution in [0.1, 0.15) is 1.43 Å². The molecule has 38 valence electrons. The Balaban J connectivity index is -0.000000125. The second-order valence-corrected chi connectivity index (χ2v) is 1.08. The molecule has 0 aliphatic carbocycles.